The number of aryl methyl sites for hydroxylation is 1. The number of hydrogen-bond donors (Lipinski definition) is 0. The number of nitrogens with zero attached hydrogens (tertiary/aromatic N) is 6. The van der Waals surface area contributed by atoms with Gasteiger partial charge in [-0.1, -0.05) is 6.92 Å². The summed E-state index contributed by atoms with van der Waals surface area (Å²) in [5.41, 5.74) is 1.15. The fraction of sp³-hybridized carbons (Fsp3) is 0.615. The average Bonchev–Trinajstić information content (AvgIpc) is 3.18. The molecule has 2 aromatic rings. The zero-order valence-electron chi connectivity index (χ0n) is 12.0. The number of aromatic nitrogens is 5. The highest BCUT2D eigenvalue weighted by Gasteiger charge is 2.26. The second-order valence-corrected chi connectivity index (χ2v) is 6.11. The number of carbonyl (C=O) groups excluding carboxylic acids is 1. The van der Waals surface area contributed by atoms with Gasteiger partial charge < -0.3 is 4.90 Å². The zero-order chi connectivity index (χ0) is 14.7. The molecule has 1 aliphatic heterocycles. The topological polar surface area (TPSA) is 76.8 Å². The molecule has 0 aliphatic carbocycles. The highest BCUT2D eigenvalue weighted by atomic mass is 32.1. The van der Waals surface area contributed by atoms with Crippen molar-refractivity contribution in [3.05, 3.63) is 22.4 Å². The summed E-state index contributed by atoms with van der Waals surface area (Å²) in [5.74, 6) is 0.432. The van der Waals surface area contributed by atoms with Gasteiger partial charge in [0, 0.05) is 24.4 Å². The standard InChI is InChI=1S/C13H18N6OS/c1-2-11-8-21-13(15-11)10-4-3-5-18(6-10)12(20)7-19-9-14-16-17-19/h8-10H,2-7H2,1H3. The number of hydrogen-bond acceptors (Lipinski definition) is 6. The van der Waals surface area contributed by atoms with Gasteiger partial charge in [0.2, 0.25) is 5.91 Å². The van der Waals surface area contributed by atoms with E-state index < -0.39 is 0 Å². The molecule has 7 nitrogen and oxygen atoms in total. The molecule has 0 saturated carbocycles. The Hall–Kier alpha value is -1.83. The number of amides is 1. The smallest absolute Gasteiger partial charge is 0.244 e. The maximum absolute atomic E-state index is 12.3. The van der Waals surface area contributed by atoms with Crippen LogP contribution in [0.3, 0.4) is 0 Å². The normalized spacial score (nSPS) is 18.9. The minimum atomic E-state index is 0.0688. The third-order valence-corrected chi connectivity index (χ3v) is 4.80. The summed E-state index contributed by atoms with van der Waals surface area (Å²) in [4.78, 5) is 18.9. The van der Waals surface area contributed by atoms with Crippen LogP contribution in [0, 0.1) is 0 Å². The van der Waals surface area contributed by atoms with Crippen LogP contribution in [-0.4, -0.2) is 49.1 Å². The minimum absolute atomic E-state index is 0.0688. The predicted molar refractivity (Wildman–Crippen MR) is 77.9 cm³/mol. The molecule has 1 aliphatic rings. The molecule has 0 spiro atoms. The Morgan fingerprint density at radius 2 is 2.43 bits per heavy atom. The summed E-state index contributed by atoms with van der Waals surface area (Å²) in [7, 11) is 0. The molecule has 0 aromatic carbocycles. The molecule has 0 bridgehead atoms. The second-order valence-electron chi connectivity index (χ2n) is 5.22. The molecule has 2 aromatic heterocycles. The van der Waals surface area contributed by atoms with Crippen LogP contribution < -0.4 is 0 Å². The Bertz CT molecular complexity index is 596. The lowest BCUT2D eigenvalue weighted by Gasteiger charge is -2.31. The molecule has 21 heavy (non-hydrogen) atoms. The monoisotopic (exact) mass is 306 g/mol. The molecule has 8 heteroatoms. The highest BCUT2D eigenvalue weighted by Crippen LogP contribution is 2.29. The van der Waals surface area contributed by atoms with Crippen LogP contribution in [0.25, 0.3) is 0 Å². The lowest BCUT2D eigenvalue weighted by molar-refractivity contribution is -0.133. The van der Waals surface area contributed by atoms with Gasteiger partial charge in [-0.25, -0.2) is 9.67 Å². The third-order valence-electron chi connectivity index (χ3n) is 3.74. The van der Waals surface area contributed by atoms with Gasteiger partial charge in [-0.2, -0.15) is 0 Å². The first kappa shape index (κ1) is 14.1. The summed E-state index contributed by atoms with van der Waals surface area (Å²) in [6, 6.07) is 0. The summed E-state index contributed by atoms with van der Waals surface area (Å²) in [6.45, 7) is 3.88. The molecule has 0 radical (unpaired) electrons. The first-order chi connectivity index (χ1) is 10.3. The number of carbonyl (C=O) groups is 1. The van der Waals surface area contributed by atoms with Crippen molar-refractivity contribution in [2.45, 2.75) is 38.6 Å². The predicted octanol–water partition coefficient (Wildman–Crippen LogP) is 1.10. The van der Waals surface area contributed by atoms with E-state index in [0.29, 0.717) is 5.92 Å². The number of tetrazole rings is 1. The highest BCUT2D eigenvalue weighted by molar-refractivity contribution is 7.09. The number of likely N-dealkylation sites (tertiary alicyclic amines) is 1. The summed E-state index contributed by atoms with van der Waals surface area (Å²) in [6.07, 6.45) is 4.55. The van der Waals surface area contributed by atoms with Gasteiger partial charge in [0.25, 0.3) is 0 Å². The van der Waals surface area contributed by atoms with Gasteiger partial charge in [0.1, 0.15) is 12.9 Å². The maximum atomic E-state index is 12.3. The Morgan fingerprint density at radius 3 is 3.14 bits per heavy atom. The lowest BCUT2D eigenvalue weighted by atomic mass is 9.98. The third kappa shape index (κ3) is 3.26. The van der Waals surface area contributed by atoms with Crippen molar-refractivity contribution < 1.29 is 4.79 Å². The van der Waals surface area contributed by atoms with Gasteiger partial charge in [0.15, 0.2) is 0 Å². The van der Waals surface area contributed by atoms with Gasteiger partial charge >= 0.3 is 0 Å². The van der Waals surface area contributed by atoms with Crippen molar-refractivity contribution in [3.63, 3.8) is 0 Å². The Morgan fingerprint density at radius 1 is 1.52 bits per heavy atom. The molecular formula is C13H18N6OS. The number of piperidine rings is 1. The van der Waals surface area contributed by atoms with E-state index in [4.69, 9.17) is 0 Å². The van der Waals surface area contributed by atoms with Gasteiger partial charge in [-0.05, 0) is 29.7 Å². The average molecular weight is 306 g/mol. The number of rotatable bonds is 4. The quantitative estimate of drug-likeness (QED) is 0.845. The van der Waals surface area contributed by atoms with E-state index in [9.17, 15) is 4.79 Å². The Balaban J connectivity index is 1.63. The molecule has 1 unspecified atom stereocenters. The Kier molecular flexibility index (Phi) is 4.23. The summed E-state index contributed by atoms with van der Waals surface area (Å²) in [5, 5.41) is 14.1. The summed E-state index contributed by atoms with van der Waals surface area (Å²) < 4.78 is 1.46. The molecule has 1 fully saturated rings. The zero-order valence-corrected chi connectivity index (χ0v) is 12.8. The first-order valence-corrected chi connectivity index (χ1v) is 8.07. The van der Waals surface area contributed by atoms with Crippen molar-refractivity contribution in [2.75, 3.05) is 13.1 Å². The fourth-order valence-corrected chi connectivity index (χ4v) is 3.60. The number of thiazole rings is 1. The van der Waals surface area contributed by atoms with E-state index in [0.717, 1.165) is 43.1 Å². The van der Waals surface area contributed by atoms with E-state index in [1.165, 1.54) is 11.0 Å². The van der Waals surface area contributed by atoms with E-state index >= 15 is 0 Å². The van der Waals surface area contributed by atoms with Gasteiger partial charge in [-0.3, -0.25) is 4.79 Å². The largest absolute Gasteiger partial charge is 0.340 e. The lowest BCUT2D eigenvalue weighted by Crippen LogP contribution is -2.40. The van der Waals surface area contributed by atoms with E-state index in [1.54, 1.807) is 11.3 Å². The molecule has 112 valence electrons. The first-order valence-electron chi connectivity index (χ1n) is 7.19. The Labute approximate surface area is 127 Å². The summed E-state index contributed by atoms with van der Waals surface area (Å²) >= 11 is 1.71. The molecule has 3 heterocycles. The minimum Gasteiger partial charge on any atom is -0.340 e. The van der Waals surface area contributed by atoms with Crippen LogP contribution in [0.4, 0.5) is 0 Å². The van der Waals surface area contributed by atoms with Crippen LogP contribution in [0.5, 0.6) is 0 Å². The van der Waals surface area contributed by atoms with Crippen LogP contribution in [0.1, 0.15) is 36.4 Å². The van der Waals surface area contributed by atoms with Gasteiger partial charge in [0.05, 0.1) is 10.7 Å². The molecule has 0 N–H and O–H groups in total. The maximum Gasteiger partial charge on any atom is 0.244 e. The van der Waals surface area contributed by atoms with Crippen molar-refractivity contribution in [1.82, 2.24) is 30.1 Å². The van der Waals surface area contributed by atoms with Crippen molar-refractivity contribution in [3.8, 4) is 0 Å². The molecule has 1 saturated heterocycles. The van der Waals surface area contributed by atoms with E-state index in [1.807, 2.05) is 4.90 Å². The van der Waals surface area contributed by atoms with E-state index in [-0.39, 0.29) is 12.5 Å². The molecule has 1 atom stereocenters. The van der Waals surface area contributed by atoms with Crippen LogP contribution in [-0.2, 0) is 17.8 Å². The van der Waals surface area contributed by atoms with Crippen molar-refractivity contribution >= 4 is 17.2 Å². The molecule has 3 rings (SSSR count). The molecular weight excluding hydrogens is 288 g/mol. The van der Waals surface area contributed by atoms with Crippen LogP contribution in [0.2, 0.25) is 0 Å². The van der Waals surface area contributed by atoms with Gasteiger partial charge in [-0.15, -0.1) is 16.4 Å². The van der Waals surface area contributed by atoms with Crippen LogP contribution in [0.15, 0.2) is 11.7 Å². The van der Waals surface area contributed by atoms with Crippen molar-refractivity contribution in [2.24, 2.45) is 0 Å². The second kappa shape index (κ2) is 6.30. The SMILES string of the molecule is CCc1csc(C2CCCN(C(=O)Cn3cnnn3)C2)n1. The van der Waals surface area contributed by atoms with E-state index in [2.05, 4.69) is 32.8 Å². The fourth-order valence-electron chi connectivity index (χ4n) is 2.57. The van der Waals surface area contributed by atoms with Crippen molar-refractivity contribution in [1.29, 1.82) is 0 Å². The van der Waals surface area contributed by atoms with Crippen LogP contribution >= 0.6 is 11.3 Å². The molecule has 1 amide bonds.